The quantitative estimate of drug-likeness (QED) is 0.682. The minimum atomic E-state index is 0.794. The third kappa shape index (κ3) is 2.56. The fourth-order valence-electron chi connectivity index (χ4n) is 2.26. The van der Waals surface area contributed by atoms with Crippen LogP contribution in [0.3, 0.4) is 0 Å². The molecule has 0 aliphatic carbocycles. The minimum absolute atomic E-state index is 0.794. The number of benzene rings is 1. The summed E-state index contributed by atoms with van der Waals surface area (Å²) in [6.07, 6.45) is 2.09. The molecule has 20 heavy (non-hydrogen) atoms. The first-order valence-corrected chi connectivity index (χ1v) is 7.63. The van der Waals surface area contributed by atoms with E-state index in [0.717, 1.165) is 22.9 Å². The van der Waals surface area contributed by atoms with Gasteiger partial charge in [0.15, 0.2) is 0 Å². The van der Waals surface area contributed by atoms with Crippen LogP contribution in [0.2, 0.25) is 0 Å². The predicted molar refractivity (Wildman–Crippen MR) is 83.2 cm³/mol. The molecule has 0 aliphatic heterocycles. The maximum Gasteiger partial charge on any atom is 0.234 e. The first kappa shape index (κ1) is 13.2. The van der Waals surface area contributed by atoms with Gasteiger partial charge in [-0.15, -0.1) is 11.8 Å². The molecule has 0 amide bonds. The van der Waals surface area contributed by atoms with Crippen molar-refractivity contribution in [2.75, 3.05) is 0 Å². The van der Waals surface area contributed by atoms with E-state index in [1.54, 1.807) is 0 Å². The van der Waals surface area contributed by atoms with Gasteiger partial charge in [-0.1, -0.05) is 18.2 Å². The number of rotatable bonds is 3. The lowest BCUT2D eigenvalue weighted by Crippen LogP contribution is -1.94. The van der Waals surface area contributed by atoms with Crippen LogP contribution >= 0.6 is 11.8 Å². The van der Waals surface area contributed by atoms with Gasteiger partial charge in [-0.2, -0.15) is 0 Å². The van der Waals surface area contributed by atoms with E-state index in [0.29, 0.717) is 0 Å². The van der Waals surface area contributed by atoms with Crippen LogP contribution in [0.25, 0.3) is 5.78 Å². The summed E-state index contributed by atoms with van der Waals surface area (Å²) in [4.78, 5) is 10.4. The zero-order valence-electron chi connectivity index (χ0n) is 11.9. The number of aryl methyl sites for hydroxylation is 3. The Labute approximate surface area is 123 Å². The molecule has 0 unspecified atom stereocenters. The second kappa shape index (κ2) is 5.29. The molecule has 3 nitrogen and oxygen atoms in total. The number of thioether (sulfide) groups is 1. The van der Waals surface area contributed by atoms with Crippen molar-refractivity contribution < 1.29 is 0 Å². The summed E-state index contributed by atoms with van der Waals surface area (Å²) in [5.41, 5.74) is 4.57. The van der Waals surface area contributed by atoms with E-state index in [2.05, 4.69) is 64.7 Å². The molecule has 1 aromatic carbocycles. The average Bonchev–Trinajstić information content (AvgIpc) is 2.81. The van der Waals surface area contributed by atoms with E-state index < -0.39 is 0 Å². The lowest BCUT2D eigenvalue weighted by molar-refractivity contribution is 1.01. The molecule has 2 heterocycles. The number of hydrogen-bond donors (Lipinski definition) is 0. The lowest BCUT2D eigenvalue weighted by Gasteiger charge is -2.02. The highest BCUT2D eigenvalue weighted by atomic mass is 32.2. The van der Waals surface area contributed by atoms with Gasteiger partial charge in [0, 0.05) is 28.2 Å². The monoisotopic (exact) mass is 283 g/mol. The lowest BCUT2D eigenvalue weighted by atomic mass is 10.2. The molecule has 102 valence electrons. The van der Waals surface area contributed by atoms with Gasteiger partial charge >= 0.3 is 0 Å². The zero-order valence-corrected chi connectivity index (χ0v) is 12.7. The van der Waals surface area contributed by atoms with Crippen molar-refractivity contribution >= 4 is 17.5 Å². The summed E-state index contributed by atoms with van der Waals surface area (Å²) in [6, 6.07) is 10.5. The highest BCUT2D eigenvalue weighted by Crippen LogP contribution is 2.25. The molecule has 0 N–H and O–H groups in total. The van der Waals surface area contributed by atoms with Crippen molar-refractivity contribution in [3.05, 3.63) is 59.2 Å². The summed E-state index contributed by atoms with van der Waals surface area (Å²) in [5.74, 6) is 1.66. The molecule has 3 aromatic rings. The van der Waals surface area contributed by atoms with Crippen LogP contribution < -0.4 is 0 Å². The molecule has 0 saturated heterocycles. The Morgan fingerprint density at radius 3 is 2.70 bits per heavy atom. The third-order valence-corrected chi connectivity index (χ3v) is 4.49. The normalized spacial score (nSPS) is 11.2. The SMILES string of the molecule is Cc1cc(C)n2cc(CSc3ccccc3C)nc2n1. The van der Waals surface area contributed by atoms with Crippen LogP contribution in [0.5, 0.6) is 0 Å². The van der Waals surface area contributed by atoms with Crippen LogP contribution in [0, 0.1) is 20.8 Å². The topological polar surface area (TPSA) is 30.2 Å². The molecule has 0 atom stereocenters. The highest BCUT2D eigenvalue weighted by molar-refractivity contribution is 7.98. The van der Waals surface area contributed by atoms with Crippen molar-refractivity contribution in [1.82, 2.24) is 14.4 Å². The van der Waals surface area contributed by atoms with Crippen molar-refractivity contribution in [3.8, 4) is 0 Å². The number of aromatic nitrogens is 3. The van der Waals surface area contributed by atoms with Gasteiger partial charge in [0.05, 0.1) is 5.69 Å². The fraction of sp³-hybridized carbons (Fsp3) is 0.250. The molecule has 0 spiro atoms. The van der Waals surface area contributed by atoms with Crippen molar-refractivity contribution in [2.45, 2.75) is 31.4 Å². The van der Waals surface area contributed by atoms with Crippen molar-refractivity contribution in [1.29, 1.82) is 0 Å². The third-order valence-electron chi connectivity index (χ3n) is 3.28. The molecule has 0 bridgehead atoms. The van der Waals surface area contributed by atoms with Gasteiger partial charge in [0.25, 0.3) is 0 Å². The summed E-state index contributed by atoms with van der Waals surface area (Å²) in [7, 11) is 0. The maximum absolute atomic E-state index is 4.61. The summed E-state index contributed by atoms with van der Waals surface area (Å²) in [6.45, 7) is 6.23. The molecule has 0 radical (unpaired) electrons. The molecular formula is C16H17N3S. The summed E-state index contributed by atoms with van der Waals surface area (Å²) < 4.78 is 2.06. The van der Waals surface area contributed by atoms with E-state index in [4.69, 9.17) is 0 Å². The number of imidazole rings is 1. The van der Waals surface area contributed by atoms with Crippen LogP contribution in [0.15, 0.2) is 41.4 Å². The van der Waals surface area contributed by atoms with E-state index in [-0.39, 0.29) is 0 Å². The predicted octanol–water partition coefficient (Wildman–Crippen LogP) is 3.95. The first-order valence-electron chi connectivity index (χ1n) is 6.64. The van der Waals surface area contributed by atoms with Crippen molar-refractivity contribution in [3.63, 3.8) is 0 Å². The van der Waals surface area contributed by atoms with E-state index in [1.807, 2.05) is 18.7 Å². The Balaban J connectivity index is 1.85. The molecule has 4 heteroatoms. The van der Waals surface area contributed by atoms with Gasteiger partial charge in [0.2, 0.25) is 5.78 Å². The van der Waals surface area contributed by atoms with Crippen LogP contribution in [-0.2, 0) is 5.75 Å². The molecule has 0 fully saturated rings. The molecule has 3 rings (SSSR count). The van der Waals surface area contributed by atoms with Crippen LogP contribution in [0.4, 0.5) is 0 Å². The average molecular weight is 283 g/mol. The highest BCUT2D eigenvalue weighted by Gasteiger charge is 2.07. The molecule has 0 aliphatic rings. The van der Waals surface area contributed by atoms with Gasteiger partial charge in [-0.25, -0.2) is 9.97 Å². The Morgan fingerprint density at radius 2 is 1.90 bits per heavy atom. The van der Waals surface area contributed by atoms with Crippen LogP contribution in [-0.4, -0.2) is 14.4 Å². The van der Waals surface area contributed by atoms with Gasteiger partial charge in [-0.05, 0) is 38.5 Å². The Morgan fingerprint density at radius 1 is 1.10 bits per heavy atom. The van der Waals surface area contributed by atoms with Crippen molar-refractivity contribution in [2.24, 2.45) is 0 Å². The maximum atomic E-state index is 4.61. The smallest absolute Gasteiger partial charge is 0.234 e. The van der Waals surface area contributed by atoms with Gasteiger partial charge < -0.3 is 0 Å². The molecule has 2 aromatic heterocycles. The second-order valence-corrected chi connectivity index (χ2v) is 6.01. The van der Waals surface area contributed by atoms with Crippen LogP contribution in [0.1, 0.15) is 22.6 Å². The van der Waals surface area contributed by atoms with Gasteiger partial charge in [0.1, 0.15) is 0 Å². The standard InChI is InChI=1S/C16H17N3S/c1-11-6-4-5-7-15(11)20-10-14-9-19-13(3)8-12(2)17-16(19)18-14/h4-9H,10H2,1-3H3. The van der Waals surface area contributed by atoms with E-state index in [9.17, 15) is 0 Å². The molecule has 0 saturated carbocycles. The Hall–Kier alpha value is -1.81. The molecular weight excluding hydrogens is 266 g/mol. The minimum Gasteiger partial charge on any atom is -0.288 e. The fourth-order valence-corrected chi connectivity index (χ4v) is 3.17. The largest absolute Gasteiger partial charge is 0.288 e. The first-order chi connectivity index (χ1) is 9.63. The Kier molecular flexibility index (Phi) is 3.49. The van der Waals surface area contributed by atoms with E-state index >= 15 is 0 Å². The second-order valence-electron chi connectivity index (χ2n) is 5.00. The number of fused-ring (bicyclic) bond motifs is 1. The Bertz CT molecular complexity index is 762. The number of hydrogen-bond acceptors (Lipinski definition) is 3. The summed E-state index contributed by atoms with van der Waals surface area (Å²) >= 11 is 1.82. The summed E-state index contributed by atoms with van der Waals surface area (Å²) in [5, 5.41) is 0. The zero-order chi connectivity index (χ0) is 14.1. The number of nitrogens with zero attached hydrogens (tertiary/aromatic N) is 3. The van der Waals surface area contributed by atoms with E-state index in [1.165, 1.54) is 16.2 Å². The van der Waals surface area contributed by atoms with Gasteiger partial charge in [-0.3, -0.25) is 4.40 Å².